The molecule has 2 aromatic heterocycles. The number of anilines is 2. The first-order valence-electron chi connectivity index (χ1n) is 9.74. The third-order valence-electron chi connectivity index (χ3n) is 5.13. The molecule has 0 amide bonds. The standard InChI is InChI=1S/C21H22F3N5O/c1-12(14-4-3-5-15(19(14)22)20(23)24)26-21-16-10-18(29-6-8-30-9-7-29)25-11-17(16)27-13(2)28-21/h3-5,10-12,20H,6-9H2,1-2H3,(H,26,27,28). The van der Waals surface area contributed by atoms with Crippen LogP contribution in [-0.2, 0) is 4.74 Å². The molecule has 9 heteroatoms. The monoisotopic (exact) mass is 417 g/mol. The third-order valence-corrected chi connectivity index (χ3v) is 5.13. The Bertz CT molecular complexity index is 1060. The van der Waals surface area contributed by atoms with Crippen LogP contribution in [0.25, 0.3) is 10.9 Å². The first kappa shape index (κ1) is 20.3. The molecule has 158 valence electrons. The van der Waals surface area contributed by atoms with E-state index in [4.69, 9.17) is 4.74 Å². The lowest BCUT2D eigenvalue weighted by molar-refractivity contribution is 0.122. The summed E-state index contributed by atoms with van der Waals surface area (Å²) in [6.07, 6.45) is -1.19. The number of hydrogen-bond donors (Lipinski definition) is 1. The Balaban J connectivity index is 1.70. The molecule has 3 aromatic rings. The number of pyridine rings is 1. The molecular formula is C21H22F3N5O. The van der Waals surface area contributed by atoms with Gasteiger partial charge in [0.25, 0.3) is 6.43 Å². The number of aryl methyl sites for hydroxylation is 1. The molecule has 0 saturated carbocycles. The summed E-state index contributed by atoms with van der Waals surface area (Å²) < 4.78 is 46.1. The van der Waals surface area contributed by atoms with Crippen molar-refractivity contribution in [2.24, 2.45) is 0 Å². The minimum absolute atomic E-state index is 0.152. The summed E-state index contributed by atoms with van der Waals surface area (Å²) in [7, 11) is 0. The molecule has 1 aliphatic heterocycles. The van der Waals surface area contributed by atoms with Gasteiger partial charge in [-0.25, -0.2) is 28.1 Å². The van der Waals surface area contributed by atoms with E-state index in [0.717, 1.165) is 30.4 Å². The highest BCUT2D eigenvalue weighted by Crippen LogP contribution is 2.31. The first-order valence-corrected chi connectivity index (χ1v) is 9.74. The van der Waals surface area contributed by atoms with Crippen LogP contribution in [0.5, 0.6) is 0 Å². The molecule has 1 aliphatic rings. The SMILES string of the molecule is Cc1nc(NC(C)c2cccc(C(F)F)c2F)c2cc(N3CCOCC3)ncc2n1. The number of alkyl halides is 2. The summed E-state index contributed by atoms with van der Waals surface area (Å²) in [5.74, 6) is 0.904. The van der Waals surface area contributed by atoms with E-state index in [9.17, 15) is 13.2 Å². The highest BCUT2D eigenvalue weighted by Gasteiger charge is 2.21. The third kappa shape index (κ3) is 4.02. The minimum atomic E-state index is -2.87. The van der Waals surface area contributed by atoms with Gasteiger partial charge in [-0.05, 0) is 19.9 Å². The molecule has 0 spiro atoms. The number of fused-ring (bicyclic) bond motifs is 1. The number of rotatable bonds is 5. The molecule has 0 radical (unpaired) electrons. The smallest absolute Gasteiger partial charge is 0.266 e. The van der Waals surface area contributed by atoms with Crippen molar-refractivity contribution < 1.29 is 17.9 Å². The highest BCUT2D eigenvalue weighted by atomic mass is 19.3. The summed E-state index contributed by atoms with van der Waals surface area (Å²) in [5, 5.41) is 3.90. The van der Waals surface area contributed by atoms with E-state index in [2.05, 4.69) is 25.2 Å². The number of morpholine rings is 1. The second kappa shape index (κ2) is 8.43. The molecule has 30 heavy (non-hydrogen) atoms. The molecule has 0 bridgehead atoms. The first-order chi connectivity index (χ1) is 14.4. The fourth-order valence-corrected chi connectivity index (χ4v) is 3.57. The quantitative estimate of drug-likeness (QED) is 0.663. The van der Waals surface area contributed by atoms with Crippen LogP contribution in [0.4, 0.5) is 24.8 Å². The number of aromatic nitrogens is 3. The molecule has 3 heterocycles. The topological polar surface area (TPSA) is 63.2 Å². The van der Waals surface area contributed by atoms with Gasteiger partial charge in [0, 0.05) is 24.0 Å². The number of nitrogens with one attached hydrogen (secondary N) is 1. The van der Waals surface area contributed by atoms with Gasteiger partial charge in [0.15, 0.2) is 0 Å². The number of halogens is 3. The lowest BCUT2D eigenvalue weighted by atomic mass is 10.0. The number of nitrogens with zero attached hydrogens (tertiary/aromatic N) is 4. The van der Waals surface area contributed by atoms with Gasteiger partial charge in [-0.3, -0.25) is 0 Å². The van der Waals surface area contributed by atoms with Crippen LogP contribution in [0.2, 0.25) is 0 Å². The molecule has 6 nitrogen and oxygen atoms in total. The highest BCUT2D eigenvalue weighted by molar-refractivity contribution is 5.90. The maximum Gasteiger partial charge on any atom is 0.266 e. The number of hydrogen-bond acceptors (Lipinski definition) is 6. The van der Waals surface area contributed by atoms with Gasteiger partial charge in [0.05, 0.1) is 36.5 Å². The molecule has 1 aromatic carbocycles. The van der Waals surface area contributed by atoms with Gasteiger partial charge in [-0.2, -0.15) is 0 Å². The normalized spacial score (nSPS) is 15.6. The van der Waals surface area contributed by atoms with Crippen LogP contribution in [-0.4, -0.2) is 41.3 Å². The van der Waals surface area contributed by atoms with Gasteiger partial charge in [0.2, 0.25) is 0 Å². The van der Waals surface area contributed by atoms with Gasteiger partial charge in [0.1, 0.15) is 23.3 Å². The van der Waals surface area contributed by atoms with Crippen molar-refractivity contribution in [3.8, 4) is 0 Å². The average molecular weight is 417 g/mol. The van der Waals surface area contributed by atoms with E-state index < -0.39 is 23.8 Å². The van der Waals surface area contributed by atoms with Crippen molar-refractivity contribution in [3.05, 3.63) is 53.2 Å². The fourth-order valence-electron chi connectivity index (χ4n) is 3.57. The van der Waals surface area contributed by atoms with Gasteiger partial charge < -0.3 is 15.0 Å². The van der Waals surface area contributed by atoms with E-state index in [1.54, 1.807) is 20.0 Å². The van der Waals surface area contributed by atoms with Crippen LogP contribution in [0.15, 0.2) is 30.5 Å². The number of benzene rings is 1. The maximum atomic E-state index is 14.6. The average Bonchev–Trinajstić information content (AvgIpc) is 2.74. The van der Waals surface area contributed by atoms with E-state index >= 15 is 0 Å². The van der Waals surface area contributed by atoms with E-state index in [1.807, 2.05) is 6.07 Å². The molecule has 4 rings (SSSR count). The van der Waals surface area contributed by atoms with Crippen LogP contribution in [0.1, 0.15) is 36.3 Å². The van der Waals surface area contributed by atoms with Crippen molar-refractivity contribution in [2.75, 3.05) is 36.5 Å². The Labute approximate surface area is 172 Å². The lowest BCUT2D eigenvalue weighted by Gasteiger charge is -2.28. The summed E-state index contributed by atoms with van der Waals surface area (Å²) in [6, 6.07) is 5.33. The Morgan fingerprint density at radius 2 is 1.87 bits per heavy atom. The van der Waals surface area contributed by atoms with Gasteiger partial charge in [-0.15, -0.1) is 0 Å². The van der Waals surface area contributed by atoms with Crippen molar-refractivity contribution in [1.82, 2.24) is 15.0 Å². The van der Waals surface area contributed by atoms with Crippen molar-refractivity contribution in [2.45, 2.75) is 26.3 Å². The van der Waals surface area contributed by atoms with Gasteiger partial charge in [-0.1, -0.05) is 18.2 Å². The largest absolute Gasteiger partial charge is 0.378 e. The van der Waals surface area contributed by atoms with E-state index in [-0.39, 0.29) is 5.56 Å². The Morgan fingerprint density at radius 3 is 2.60 bits per heavy atom. The lowest BCUT2D eigenvalue weighted by Crippen LogP contribution is -2.36. The Morgan fingerprint density at radius 1 is 1.13 bits per heavy atom. The zero-order valence-corrected chi connectivity index (χ0v) is 16.7. The molecule has 1 N–H and O–H groups in total. The molecular weight excluding hydrogens is 395 g/mol. The summed E-state index contributed by atoms with van der Waals surface area (Å²) in [4.78, 5) is 15.5. The number of ether oxygens (including phenoxy) is 1. The second-order valence-corrected chi connectivity index (χ2v) is 7.20. The van der Waals surface area contributed by atoms with Gasteiger partial charge >= 0.3 is 0 Å². The predicted molar refractivity (Wildman–Crippen MR) is 108 cm³/mol. The van der Waals surface area contributed by atoms with Crippen molar-refractivity contribution >= 4 is 22.5 Å². The molecule has 0 aliphatic carbocycles. The molecule has 1 unspecified atom stereocenters. The summed E-state index contributed by atoms with van der Waals surface area (Å²) in [6.45, 7) is 6.19. The van der Waals surface area contributed by atoms with Crippen molar-refractivity contribution in [3.63, 3.8) is 0 Å². The Hall–Kier alpha value is -2.94. The minimum Gasteiger partial charge on any atom is -0.378 e. The summed E-state index contributed by atoms with van der Waals surface area (Å²) in [5.41, 5.74) is 0.194. The zero-order valence-electron chi connectivity index (χ0n) is 16.7. The van der Waals surface area contributed by atoms with Crippen LogP contribution >= 0.6 is 0 Å². The van der Waals surface area contributed by atoms with E-state index in [1.165, 1.54) is 12.1 Å². The predicted octanol–water partition coefficient (Wildman–Crippen LogP) is 4.42. The fraction of sp³-hybridized carbons (Fsp3) is 0.381. The maximum absolute atomic E-state index is 14.6. The molecule has 1 saturated heterocycles. The molecule has 1 fully saturated rings. The van der Waals surface area contributed by atoms with E-state index in [0.29, 0.717) is 30.4 Å². The van der Waals surface area contributed by atoms with Crippen molar-refractivity contribution in [1.29, 1.82) is 0 Å². The van der Waals surface area contributed by atoms with Crippen LogP contribution in [0.3, 0.4) is 0 Å². The Kier molecular flexibility index (Phi) is 5.72. The summed E-state index contributed by atoms with van der Waals surface area (Å²) >= 11 is 0. The van der Waals surface area contributed by atoms with Crippen LogP contribution in [0, 0.1) is 12.7 Å². The zero-order chi connectivity index (χ0) is 21.3. The van der Waals surface area contributed by atoms with Crippen LogP contribution < -0.4 is 10.2 Å². The second-order valence-electron chi connectivity index (χ2n) is 7.20. The molecule has 1 atom stereocenters.